The summed E-state index contributed by atoms with van der Waals surface area (Å²) in [4.78, 5) is 6.11. The molecule has 110 valence electrons. The van der Waals surface area contributed by atoms with Crippen molar-refractivity contribution < 1.29 is 0 Å². The van der Waals surface area contributed by atoms with Gasteiger partial charge in [-0.1, -0.05) is 43.7 Å². The van der Waals surface area contributed by atoms with Crippen LogP contribution in [0.1, 0.15) is 25.3 Å². The van der Waals surface area contributed by atoms with Gasteiger partial charge in [0.15, 0.2) is 0 Å². The fraction of sp³-hybridized carbons (Fsp3) is 0.474. The van der Waals surface area contributed by atoms with Crippen LogP contribution in [0.25, 0.3) is 10.9 Å². The van der Waals surface area contributed by atoms with Gasteiger partial charge in [0.05, 0.1) is 0 Å². The molecule has 0 unspecified atom stereocenters. The van der Waals surface area contributed by atoms with Crippen LogP contribution in [-0.2, 0) is 6.42 Å². The topological polar surface area (TPSA) is 19.0 Å². The molecule has 0 amide bonds. The van der Waals surface area contributed by atoms with Crippen LogP contribution < -0.4 is 0 Å². The second-order valence-electron chi connectivity index (χ2n) is 6.64. The molecule has 3 heterocycles. The van der Waals surface area contributed by atoms with Crippen LogP contribution in [0.3, 0.4) is 0 Å². The predicted molar refractivity (Wildman–Crippen MR) is 88.4 cm³/mol. The molecule has 2 aromatic rings. The van der Waals surface area contributed by atoms with Gasteiger partial charge in [0.2, 0.25) is 0 Å². The fourth-order valence-corrected chi connectivity index (χ4v) is 4.26. The van der Waals surface area contributed by atoms with Gasteiger partial charge >= 0.3 is 0 Å². The molecule has 1 N–H and O–H groups in total. The number of nitrogens with zero attached hydrogens (tertiary/aromatic N) is 1. The first-order valence-corrected chi connectivity index (χ1v) is 8.32. The van der Waals surface area contributed by atoms with E-state index < -0.39 is 0 Å². The normalized spacial score (nSPS) is 28.5. The zero-order valence-electron chi connectivity index (χ0n) is 12.8. The maximum absolute atomic E-state index is 3.40. The molecular formula is C19H24N2. The Morgan fingerprint density at radius 3 is 3.00 bits per heavy atom. The molecule has 2 aliphatic heterocycles. The minimum atomic E-state index is 0.685. The number of fused-ring (bicyclic) bond motifs is 3. The summed E-state index contributed by atoms with van der Waals surface area (Å²) >= 11 is 0. The lowest BCUT2D eigenvalue weighted by Gasteiger charge is -2.46. The second kappa shape index (κ2) is 5.34. The molecule has 1 aromatic carbocycles. The molecule has 2 heteroatoms. The number of nitrogens with one attached hydrogen (secondary N) is 1. The van der Waals surface area contributed by atoms with Crippen LogP contribution in [0.5, 0.6) is 0 Å². The van der Waals surface area contributed by atoms with E-state index >= 15 is 0 Å². The third-order valence-electron chi connectivity index (χ3n) is 5.43. The maximum Gasteiger partial charge on any atom is 0.0456 e. The van der Waals surface area contributed by atoms with E-state index in [1.165, 1.54) is 42.4 Å². The van der Waals surface area contributed by atoms with Gasteiger partial charge in [0.1, 0.15) is 0 Å². The minimum Gasteiger partial charge on any atom is -0.361 e. The molecule has 1 aliphatic carbocycles. The molecule has 0 saturated carbocycles. The number of piperidine rings is 1. The molecule has 1 fully saturated rings. The molecule has 2 nitrogen and oxygen atoms in total. The monoisotopic (exact) mass is 280 g/mol. The molecule has 3 aliphatic rings. The number of benzene rings is 1. The van der Waals surface area contributed by atoms with Gasteiger partial charge < -0.3 is 4.98 Å². The van der Waals surface area contributed by atoms with E-state index in [0.29, 0.717) is 6.04 Å². The maximum atomic E-state index is 3.40. The van der Waals surface area contributed by atoms with E-state index in [2.05, 4.69) is 59.4 Å². The first kappa shape index (κ1) is 13.1. The number of rotatable bonds is 4. The molecular weight excluding hydrogens is 256 g/mol. The quantitative estimate of drug-likeness (QED) is 0.839. The van der Waals surface area contributed by atoms with Crippen molar-refractivity contribution in [3.8, 4) is 0 Å². The van der Waals surface area contributed by atoms with E-state index in [-0.39, 0.29) is 0 Å². The van der Waals surface area contributed by atoms with E-state index in [1.54, 1.807) is 0 Å². The molecule has 3 atom stereocenters. The van der Waals surface area contributed by atoms with Crippen molar-refractivity contribution >= 4 is 10.9 Å². The molecule has 21 heavy (non-hydrogen) atoms. The first-order valence-electron chi connectivity index (χ1n) is 8.32. The summed E-state index contributed by atoms with van der Waals surface area (Å²) in [5, 5.41) is 1.39. The van der Waals surface area contributed by atoms with E-state index in [0.717, 1.165) is 18.3 Å². The lowest BCUT2D eigenvalue weighted by atomic mass is 9.76. The lowest BCUT2D eigenvalue weighted by Crippen LogP contribution is -2.50. The minimum absolute atomic E-state index is 0.685. The lowest BCUT2D eigenvalue weighted by molar-refractivity contribution is 0.0826. The summed E-state index contributed by atoms with van der Waals surface area (Å²) in [5.74, 6) is 1.67. The Balaban J connectivity index is 1.49. The number of aromatic amines is 1. The second-order valence-corrected chi connectivity index (χ2v) is 6.64. The highest BCUT2D eigenvalue weighted by atomic mass is 15.2. The Morgan fingerprint density at radius 1 is 1.24 bits per heavy atom. The summed E-state index contributed by atoms with van der Waals surface area (Å²) in [7, 11) is 0. The van der Waals surface area contributed by atoms with Crippen LogP contribution in [-0.4, -0.2) is 29.0 Å². The summed E-state index contributed by atoms with van der Waals surface area (Å²) in [5.41, 5.74) is 2.73. The van der Waals surface area contributed by atoms with Crippen molar-refractivity contribution in [3.05, 3.63) is 48.2 Å². The molecule has 2 bridgehead atoms. The van der Waals surface area contributed by atoms with E-state index in [9.17, 15) is 0 Å². The van der Waals surface area contributed by atoms with Crippen LogP contribution >= 0.6 is 0 Å². The van der Waals surface area contributed by atoms with Gasteiger partial charge in [-0.3, -0.25) is 4.90 Å². The van der Waals surface area contributed by atoms with Crippen LogP contribution in [0.4, 0.5) is 0 Å². The number of hydrogen-bond acceptors (Lipinski definition) is 1. The average Bonchev–Trinajstić information content (AvgIpc) is 2.96. The Bertz CT molecular complexity index is 654. The van der Waals surface area contributed by atoms with Crippen molar-refractivity contribution in [1.82, 2.24) is 9.88 Å². The van der Waals surface area contributed by atoms with Gasteiger partial charge in [0.25, 0.3) is 0 Å². The van der Waals surface area contributed by atoms with Crippen LogP contribution in [0, 0.1) is 11.8 Å². The standard InChI is InChI=1S/C19H24N2/c1-2-15-11-14-7-8-19(15)21(13-14)10-9-16-12-20-18-6-4-3-5-17(16)18/h3-8,12,14-15,19-20H,2,9-11,13H2,1H3/t14-,15-,19+/m1/s1. The van der Waals surface area contributed by atoms with Crippen molar-refractivity contribution in [3.63, 3.8) is 0 Å². The van der Waals surface area contributed by atoms with E-state index in [4.69, 9.17) is 0 Å². The Morgan fingerprint density at radius 2 is 2.14 bits per heavy atom. The number of para-hydroxylation sites is 1. The van der Waals surface area contributed by atoms with Crippen molar-refractivity contribution in [1.29, 1.82) is 0 Å². The Labute approximate surface area is 126 Å². The highest BCUT2D eigenvalue weighted by molar-refractivity contribution is 5.83. The van der Waals surface area contributed by atoms with Gasteiger partial charge in [-0.25, -0.2) is 0 Å². The van der Waals surface area contributed by atoms with Crippen molar-refractivity contribution in [2.75, 3.05) is 13.1 Å². The third kappa shape index (κ3) is 2.32. The summed E-state index contributed by atoms with van der Waals surface area (Å²) < 4.78 is 0. The predicted octanol–water partition coefficient (Wildman–Crippen LogP) is 4.00. The average molecular weight is 280 g/mol. The zero-order chi connectivity index (χ0) is 14.2. The highest BCUT2D eigenvalue weighted by Crippen LogP contribution is 2.36. The first-order chi connectivity index (χ1) is 10.3. The summed E-state index contributed by atoms with van der Waals surface area (Å²) in [6, 6.07) is 9.32. The van der Waals surface area contributed by atoms with Gasteiger partial charge in [-0.05, 0) is 36.3 Å². The molecule has 1 aromatic heterocycles. The van der Waals surface area contributed by atoms with Crippen molar-refractivity contribution in [2.24, 2.45) is 11.8 Å². The molecule has 5 rings (SSSR count). The zero-order valence-corrected chi connectivity index (χ0v) is 12.8. The largest absolute Gasteiger partial charge is 0.361 e. The van der Waals surface area contributed by atoms with Gasteiger partial charge in [-0.2, -0.15) is 0 Å². The number of aromatic nitrogens is 1. The number of H-pyrrole nitrogens is 1. The van der Waals surface area contributed by atoms with E-state index in [1.807, 2.05) is 0 Å². The summed E-state index contributed by atoms with van der Waals surface area (Å²) in [6.07, 6.45) is 11.0. The number of hydrogen-bond donors (Lipinski definition) is 1. The Hall–Kier alpha value is -1.54. The fourth-order valence-electron chi connectivity index (χ4n) is 4.26. The van der Waals surface area contributed by atoms with Gasteiger partial charge in [-0.15, -0.1) is 0 Å². The van der Waals surface area contributed by atoms with Crippen LogP contribution in [0.2, 0.25) is 0 Å². The molecule has 0 spiro atoms. The van der Waals surface area contributed by atoms with Crippen molar-refractivity contribution in [2.45, 2.75) is 32.2 Å². The molecule has 0 radical (unpaired) electrons. The summed E-state index contributed by atoms with van der Waals surface area (Å²) in [6.45, 7) is 4.79. The third-order valence-corrected chi connectivity index (χ3v) is 5.43. The Kier molecular flexibility index (Phi) is 3.34. The van der Waals surface area contributed by atoms with Crippen LogP contribution in [0.15, 0.2) is 42.6 Å². The SMILES string of the molecule is CC[C@@H]1C[C@H]2C=C[C@@H]1N(CCc1c[nH]c3ccccc13)C2. The molecule has 1 saturated heterocycles. The van der Waals surface area contributed by atoms with Gasteiger partial charge in [0, 0.05) is 36.2 Å². The highest BCUT2D eigenvalue weighted by Gasteiger charge is 2.35. The smallest absolute Gasteiger partial charge is 0.0456 e.